The maximum Gasteiger partial charge on any atom is 0.317 e. The van der Waals surface area contributed by atoms with Crippen LogP contribution in [0.1, 0.15) is 26.2 Å². The first-order chi connectivity index (χ1) is 10.2. The molecule has 1 heterocycles. The summed E-state index contributed by atoms with van der Waals surface area (Å²) in [5.41, 5.74) is 1.22. The highest BCUT2D eigenvalue weighted by atomic mass is 16.2. The van der Waals surface area contributed by atoms with Gasteiger partial charge in [-0.2, -0.15) is 0 Å². The number of urea groups is 1. The second-order valence-corrected chi connectivity index (χ2v) is 6.04. The normalized spacial score (nSPS) is 18.4. The molecule has 4 heteroatoms. The van der Waals surface area contributed by atoms with E-state index in [1.165, 1.54) is 12.1 Å². The van der Waals surface area contributed by atoms with Gasteiger partial charge in [0.25, 0.3) is 0 Å². The van der Waals surface area contributed by atoms with E-state index in [2.05, 4.69) is 36.3 Å². The molecule has 4 nitrogen and oxygen atoms in total. The van der Waals surface area contributed by atoms with Gasteiger partial charge in [0.2, 0.25) is 0 Å². The fourth-order valence-electron chi connectivity index (χ4n) is 2.81. The molecule has 1 aromatic carbocycles. The Morgan fingerprint density at radius 2 is 2.14 bits per heavy atom. The van der Waals surface area contributed by atoms with Crippen molar-refractivity contribution < 1.29 is 4.79 Å². The third-order valence-corrected chi connectivity index (χ3v) is 4.09. The largest absolute Gasteiger partial charge is 0.375 e. The van der Waals surface area contributed by atoms with E-state index < -0.39 is 0 Å². The number of benzene rings is 1. The smallest absolute Gasteiger partial charge is 0.317 e. The minimum atomic E-state index is 0.101. The summed E-state index contributed by atoms with van der Waals surface area (Å²) >= 11 is 0. The van der Waals surface area contributed by atoms with E-state index >= 15 is 0 Å². The monoisotopic (exact) mass is 289 g/mol. The molecule has 21 heavy (non-hydrogen) atoms. The number of anilines is 1. The molecule has 0 saturated carbocycles. The molecule has 1 fully saturated rings. The van der Waals surface area contributed by atoms with Crippen LogP contribution in [0.25, 0.3) is 0 Å². The number of para-hydroxylation sites is 1. The van der Waals surface area contributed by atoms with Crippen LogP contribution in [-0.2, 0) is 0 Å². The lowest BCUT2D eigenvalue weighted by atomic mass is 10.0. The lowest BCUT2D eigenvalue weighted by molar-refractivity contribution is 0.170. The number of likely N-dealkylation sites (tertiary alicyclic amines) is 1. The zero-order valence-corrected chi connectivity index (χ0v) is 13.2. The van der Waals surface area contributed by atoms with Crippen LogP contribution in [-0.4, -0.2) is 44.2 Å². The van der Waals surface area contributed by atoms with Gasteiger partial charge in [0.05, 0.1) is 0 Å². The second kappa shape index (κ2) is 7.91. The van der Waals surface area contributed by atoms with Gasteiger partial charge in [-0.1, -0.05) is 25.1 Å². The Bertz CT molecular complexity index is 435. The van der Waals surface area contributed by atoms with Gasteiger partial charge in [0.15, 0.2) is 0 Å². The molecule has 1 aliphatic heterocycles. The zero-order valence-electron chi connectivity index (χ0n) is 13.2. The van der Waals surface area contributed by atoms with E-state index in [0.29, 0.717) is 5.92 Å². The Kier molecular flexibility index (Phi) is 5.90. The Morgan fingerprint density at radius 1 is 1.38 bits per heavy atom. The molecule has 1 saturated heterocycles. The van der Waals surface area contributed by atoms with Crippen LogP contribution in [0.3, 0.4) is 0 Å². The number of hydrogen-bond donors (Lipinski definition) is 1. The van der Waals surface area contributed by atoms with Crippen LogP contribution in [0.4, 0.5) is 10.5 Å². The van der Waals surface area contributed by atoms with Crippen LogP contribution in [0, 0.1) is 5.92 Å². The molecule has 116 valence electrons. The summed E-state index contributed by atoms with van der Waals surface area (Å²) in [5.74, 6) is 0.633. The molecule has 1 N–H and O–H groups in total. The van der Waals surface area contributed by atoms with Crippen molar-refractivity contribution in [3.63, 3.8) is 0 Å². The number of rotatable bonds is 5. The van der Waals surface area contributed by atoms with E-state index in [1.807, 2.05) is 23.1 Å². The number of nitrogens with one attached hydrogen (secondary N) is 1. The summed E-state index contributed by atoms with van der Waals surface area (Å²) < 4.78 is 0. The van der Waals surface area contributed by atoms with Crippen molar-refractivity contribution in [2.45, 2.75) is 26.2 Å². The highest BCUT2D eigenvalue weighted by Gasteiger charge is 2.20. The van der Waals surface area contributed by atoms with Crippen LogP contribution >= 0.6 is 0 Å². The minimum absolute atomic E-state index is 0.101. The molecule has 2 amide bonds. The fraction of sp³-hybridized carbons (Fsp3) is 0.588. The summed E-state index contributed by atoms with van der Waals surface area (Å²) in [6, 6.07) is 10.4. The van der Waals surface area contributed by atoms with E-state index in [0.717, 1.165) is 39.0 Å². The van der Waals surface area contributed by atoms with E-state index in [1.54, 1.807) is 0 Å². The molecule has 2 rings (SSSR count). The lowest BCUT2D eigenvalue weighted by Crippen LogP contribution is -2.45. The Hall–Kier alpha value is -1.71. The van der Waals surface area contributed by atoms with Gasteiger partial charge in [0.1, 0.15) is 0 Å². The summed E-state index contributed by atoms with van der Waals surface area (Å²) in [5, 5.41) is 3.04. The minimum Gasteiger partial charge on any atom is -0.375 e. The van der Waals surface area contributed by atoms with Gasteiger partial charge < -0.3 is 15.1 Å². The third kappa shape index (κ3) is 4.96. The van der Waals surface area contributed by atoms with E-state index in [-0.39, 0.29) is 6.03 Å². The summed E-state index contributed by atoms with van der Waals surface area (Å²) in [7, 11) is 2.09. The van der Waals surface area contributed by atoms with E-state index in [4.69, 9.17) is 0 Å². The molecule has 0 radical (unpaired) electrons. The molecule has 0 aromatic heterocycles. The zero-order chi connectivity index (χ0) is 15.1. The highest BCUT2D eigenvalue weighted by molar-refractivity contribution is 5.74. The van der Waals surface area contributed by atoms with Crippen molar-refractivity contribution >= 4 is 11.7 Å². The average molecular weight is 289 g/mol. The van der Waals surface area contributed by atoms with Crippen LogP contribution in [0.2, 0.25) is 0 Å². The first-order valence-electron chi connectivity index (χ1n) is 7.96. The summed E-state index contributed by atoms with van der Waals surface area (Å²) in [6.45, 7) is 5.70. The molecule has 1 aliphatic rings. The Morgan fingerprint density at radius 3 is 2.86 bits per heavy atom. The molecule has 0 spiro atoms. The maximum absolute atomic E-state index is 12.1. The van der Waals surface area contributed by atoms with Crippen LogP contribution in [0.5, 0.6) is 0 Å². The first-order valence-corrected chi connectivity index (χ1v) is 7.96. The Balaban J connectivity index is 1.64. The Labute approximate surface area is 128 Å². The number of carbonyl (C=O) groups is 1. The van der Waals surface area contributed by atoms with Gasteiger partial charge in [0, 0.05) is 38.9 Å². The predicted molar refractivity (Wildman–Crippen MR) is 87.7 cm³/mol. The lowest BCUT2D eigenvalue weighted by Gasteiger charge is -2.31. The van der Waals surface area contributed by atoms with Gasteiger partial charge in [-0.05, 0) is 37.3 Å². The van der Waals surface area contributed by atoms with Crippen molar-refractivity contribution in [2.24, 2.45) is 5.92 Å². The average Bonchev–Trinajstić information content (AvgIpc) is 2.52. The van der Waals surface area contributed by atoms with Gasteiger partial charge in [-0.3, -0.25) is 0 Å². The highest BCUT2D eigenvalue weighted by Crippen LogP contribution is 2.15. The quantitative estimate of drug-likeness (QED) is 0.846. The third-order valence-electron chi connectivity index (χ3n) is 4.09. The molecule has 0 bridgehead atoms. The number of amides is 2. The molecule has 1 aromatic rings. The number of piperidine rings is 1. The summed E-state index contributed by atoms with van der Waals surface area (Å²) in [4.78, 5) is 16.2. The van der Waals surface area contributed by atoms with Crippen LogP contribution in [0.15, 0.2) is 30.3 Å². The number of nitrogens with zero attached hydrogens (tertiary/aromatic N) is 2. The molecule has 1 unspecified atom stereocenters. The number of hydrogen-bond acceptors (Lipinski definition) is 2. The van der Waals surface area contributed by atoms with Crippen LogP contribution < -0.4 is 10.2 Å². The van der Waals surface area contributed by atoms with E-state index in [9.17, 15) is 4.79 Å². The van der Waals surface area contributed by atoms with Crippen molar-refractivity contribution in [3.8, 4) is 0 Å². The molecule has 1 atom stereocenters. The van der Waals surface area contributed by atoms with Crippen molar-refractivity contribution in [1.82, 2.24) is 10.2 Å². The van der Waals surface area contributed by atoms with Gasteiger partial charge in [-0.25, -0.2) is 4.79 Å². The number of carbonyl (C=O) groups excluding carboxylic acids is 1. The van der Waals surface area contributed by atoms with Gasteiger partial charge in [-0.15, -0.1) is 0 Å². The summed E-state index contributed by atoms with van der Waals surface area (Å²) in [6.07, 6.45) is 3.33. The SMILES string of the molecule is CC1CCCN(C(=O)NCCCN(C)c2ccccc2)C1. The van der Waals surface area contributed by atoms with Gasteiger partial charge >= 0.3 is 6.03 Å². The molecular formula is C17H27N3O. The fourth-order valence-corrected chi connectivity index (χ4v) is 2.81. The topological polar surface area (TPSA) is 35.6 Å². The maximum atomic E-state index is 12.1. The second-order valence-electron chi connectivity index (χ2n) is 6.04. The van der Waals surface area contributed by atoms with Crippen molar-refractivity contribution in [1.29, 1.82) is 0 Å². The predicted octanol–water partition coefficient (Wildman–Crippen LogP) is 2.95. The first kappa shape index (κ1) is 15.7. The molecule has 0 aliphatic carbocycles. The standard InChI is InChI=1S/C17H27N3O/c1-15-8-6-13-20(14-15)17(21)18-11-7-12-19(2)16-9-4-3-5-10-16/h3-5,9-10,15H,6-8,11-14H2,1-2H3,(H,18,21). The van der Waals surface area contributed by atoms with Crippen molar-refractivity contribution in [3.05, 3.63) is 30.3 Å². The molecular weight excluding hydrogens is 262 g/mol. The van der Waals surface area contributed by atoms with Crippen molar-refractivity contribution in [2.75, 3.05) is 38.1 Å².